The normalized spacial score (nSPS) is 18.9. The van der Waals surface area contributed by atoms with Gasteiger partial charge in [-0.3, -0.25) is 10.3 Å². The third-order valence-corrected chi connectivity index (χ3v) is 5.48. The zero-order chi connectivity index (χ0) is 20.4. The van der Waals surface area contributed by atoms with E-state index < -0.39 is 0 Å². The minimum Gasteiger partial charge on any atom is -0.508 e. The molecule has 4 rings (SSSR count). The molecule has 1 aliphatic heterocycles. The molecule has 0 saturated heterocycles. The first-order valence-corrected chi connectivity index (χ1v) is 10.00. The van der Waals surface area contributed by atoms with E-state index in [9.17, 15) is 5.11 Å². The third kappa shape index (κ3) is 4.40. The first-order valence-electron chi connectivity index (χ1n) is 9.24. The summed E-state index contributed by atoms with van der Waals surface area (Å²) in [4.78, 5) is 4.95. The number of nitrogens with one attached hydrogen (secondary N) is 1. The highest BCUT2D eigenvalue weighted by Crippen LogP contribution is 2.36. The number of nitrogens with zero attached hydrogens (tertiary/aromatic N) is 1. The van der Waals surface area contributed by atoms with Crippen molar-refractivity contribution in [3.05, 3.63) is 93.5 Å². The summed E-state index contributed by atoms with van der Waals surface area (Å²) in [5.74, 6) is 0.975. The van der Waals surface area contributed by atoms with E-state index in [-0.39, 0.29) is 18.0 Å². The van der Waals surface area contributed by atoms with Crippen LogP contribution in [0.2, 0.25) is 10.0 Å². The van der Waals surface area contributed by atoms with Gasteiger partial charge in [-0.05, 0) is 53.6 Å². The summed E-state index contributed by atoms with van der Waals surface area (Å²) >= 11 is 12.3. The number of phenols is 1. The van der Waals surface area contributed by atoms with E-state index in [4.69, 9.17) is 32.9 Å². The molecule has 29 heavy (non-hydrogen) atoms. The van der Waals surface area contributed by atoms with Crippen LogP contribution in [0.3, 0.4) is 0 Å². The van der Waals surface area contributed by atoms with Crippen LogP contribution in [-0.4, -0.2) is 17.9 Å². The second-order valence-electron chi connectivity index (χ2n) is 6.89. The molecule has 0 amide bonds. The molecule has 0 saturated carbocycles. The van der Waals surface area contributed by atoms with Crippen molar-refractivity contribution in [2.75, 3.05) is 7.11 Å². The lowest BCUT2D eigenvalue weighted by molar-refractivity contribution is 0.411. The number of hydrogen-bond donors (Lipinski definition) is 2. The molecule has 0 aliphatic carbocycles. The van der Waals surface area contributed by atoms with Crippen molar-refractivity contribution in [1.29, 1.82) is 0 Å². The number of rotatable bonds is 4. The Balaban J connectivity index is 1.77. The average molecular weight is 427 g/mol. The summed E-state index contributed by atoms with van der Waals surface area (Å²) in [5.41, 5.74) is 3.64. The number of methoxy groups -OCH3 is 1. The van der Waals surface area contributed by atoms with E-state index in [2.05, 4.69) is 5.32 Å². The number of aliphatic imine (C=N–C) groups is 1. The SMILES string of the molecule is COc1cccc(C2=N[C@@H](c3ccc(Cl)cc3)N[C@@H](c3cc(Cl)ccc3O)C2)c1. The molecule has 1 aliphatic rings. The molecule has 6 heteroatoms. The Morgan fingerprint density at radius 2 is 1.76 bits per heavy atom. The minimum atomic E-state index is -0.286. The van der Waals surface area contributed by atoms with E-state index in [1.165, 1.54) is 0 Å². The van der Waals surface area contributed by atoms with Gasteiger partial charge >= 0.3 is 0 Å². The summed E-state index contributed by atoms with van der Waals surface area (Å²) in [6.07, 6.45) is 0.316. The maximum atomic E-state index is 10.4. The van der Waals surface area contributed by atoms with Gasteiger partial charge in [0.25, 0.3) is 0 Å². The van der Waals surface area contributed by atoms with Gasteiger partial charge in [0, 0.05) is 33.8 Å². The van der Waals surface area contributed by atoms with Crippen molar-refractivity contribution in [3.8, 4) is 11.5 Å². The standard InChI is InChI=1S/C23H20Cl2N2O2/c1-29-18-4-2-3-15(11-18)20-13-21(19-12-17(25)9-10-22(19)28)27-23(26-20)14-5-7-16(24)8-6-14/h2-12,21,23,27-28H,13H2,1H3/t21-,23-/m1/s1. The Hall–Kier alpha value is -2.53. The number of aromatic hydroxyl groups is 1. The quantitative estimate of drug-likeness (QED) is 0.543. The van der Waals surface area contributed by atoms with Crippen LogP contribution < -0.4 is 10.1 Å². The summed E-state index contributed by atoms with van der Waals surface area (Å²) in [5, 5.41) is 15.2. The topological polar surface area (TPSA) is 53.8 Å². The highest BCUT2D eigenvalue weighted by Gasteiger charge is 2.28. The number of benzene rings is 3. The highest BCUT2D eigenvalue weighted by molar-refractivity contribution is 6.30. The van der Waals surface area contributed by atoms with Gasteiger partial charge in [-0.15, -0.1) is 0 Å². The Morgan fingerprint density at radius 3 is 2.52 bits per heavy atom. The molecule has 2 N–H and O–H groups in total. The second-order valence-corrected chi connectivity index (χ2v) is 7.76. The second kappa shape index (κ2) is 8.46. The Morgan fingerprint density at radius 1 is 1.00 bits per heavy atom. The highest BCUT2D eigenvalue weighted by atomic mass is 35.5. The molecule has 4 nitrogen and oxygen atoms in total. The Kier molecular flexibility index (Phi) is 5.76. The van der Waals surface area contributed by atoms with Crippen LogP contribution in [0.1, 0.15) is 35.3 Å². The molecule has 0 bridgehead atoms. The first-order chi connectivity index (χ1) is 14.0. The van der Waals surface area contributed by atoms with Crippen LogP contribution in [0.5, 0.6) is 11.5 Å². The predicted octanol–water partition coefficient (Wildman–Crippen LogP) is 5.93. The summed E-state index contributed by atoms with van der Waals surface area (Å²) in [7, 11) is 1.65. The lowest BCUT2D eigenvalue weighted by Crippen LogP contribution is -2.33. The van der Waals surface area contributed by atoms with E-state index in [1.54, 1.807) is 25.3 Å². The summed E-state index contributed by atoms with van der Waals surface area (Å²) in [6, 6.07) is 20.4. The zero-order valence-electron chi connectivity index (χ0n) is 15.8. The van der Waals surface area contributed by atoms with Crippen LogP contribution in [0, 0.1) is 0 Å². The number of hydrogen-bond acceptors (Lipinski definition) is 4. The number of ether oxygens (including phenoxy) is 1. The molecule has 0 unspecified atom stereocenters. The first kappa shape index (κ1) is 19.8. The lowest BCUT2D eigenvalue weighted by atomic mass is 9.93. The molecule has 0 aromatic heterocycles. The molecule has 0 radical (unpaired) electrons. The molecule has 3 aromatic rings. The number of phenolic OH excluding ortho intramolecular Hbond substituents is 1. The van der Waals surface area contributed by atoms with Crippen LogP contribution >= 0.6 is 23.2 Å². The molecular weight excluding hydrogens is 407 g/mol. The predicted molar refractivity (Wildman–Crippen MR) is 117 cm³/mol. The minimum absolute atomic E-state index is 0.159. The van der Waals surface area contributed by atoms with Gasteiger partial charge in [0.2, 0.25) is 0 Å². The maximum absolute atomic E-state index is 10.4. The summed E-state index contributed by atoms with van der Waals surface area (Å²) in [6.45, 7) is 0. The zero-order valence-corrected chi connectivity index (χ0v) is 17.3. The van der Waals surface area contributed by atoms with Crippen molar-refractivity contribution < 1.29 is 9.84 Å². The maximum Gasteiger partial charge on any atom is 0.126 e. The summed E-state index contributed by atoms with van der Waals surface area (Å²) < 4.78 is 5.37. The molecule has 1 heterocycles. The van der Waals surface area contributed by atoms with Gasteiger partial charge in [-0.1, -0.05) is 47.5 Å². The van der Waals surface area contributed by atoms with E-state index >= 15 is 0 Å². The third-order valence-electron chi connectivity index (χ3n) is 5.00. The van der Waals surface area contributed by atoms with E-state index in [1.807, 2.05) is 48.5 Å². The van der Waals surface area contributed by atoms with Gasteiger partial charge in [-0.25, -0.2) is 0 Å². The van der Waals surface area contributed by atoms with Gasteiger partial charge in [0.15, 0.2) is 0 Å². The van der Waals surface area contributed by atoms with E-state index in [0.29, 0.717) is 16.5 Å². The van der Waals surface area contributed by atoms with Gasteiger partial charge in [0.05, 0.1) is 7.11 Å². The van der Waals surface area contributed by atoms with Crippen molar-refractivity contribution in [3.63, 3.8) is 0 Å². The molecule has 2 atom stereocenters. The fourth-order valence-electron chi connectivity index (χ4n) is 3.50. The number of halogens is 2. The molecule has 0 fully saturated rings. The molecule has 3 aromatic carbocycles. The lowest BCUT2D eigenvalue weighted by Gasteiger charge is -2.31. The fourth-order valence-corrected chi connectivity index (χ4v) is 3.81. The van der Waals surface area contributed by atoms with Crippen LogP contribution in [0.25, 0.3) is 0 Å². The van der Waals surface area contributed by atoms with Crippen molar-refractivity contribution in [2.45, 2.75) is 18.6 Å². The van der Waals surface area contributed by atoms with Gasteiger partial charge < -0.3 is 9.84 Å². The largest absolute Gasteiger partial charge is 0.508 e. The van der Waals surface area contributed by atoms with Crippen molar-refractivity contribution in [2.24, 2.45) is 4.99 Å². The molecule has 0 spiro atoms. The monoisotopic (exact) mass is 426 g/mol. The molecular formula is C23H20Cl2N2O2. The van der Waals surface area contributed by atoms with Crippen molar-refractivity contribution >= 4 is 28.9 Å². The van der Waals surface area contributed by atoms with Crippen molar-refractivity contribution in [1.82, 2.24) is 5.32 Å². The van der Waals surface area contributed by atoms with Crippen LogP contribution in [0.4, 0.5) is 0 Å². The fraction of sp³-hybridized carbons (Fsp3) is 0.174. The van der Waals surface area contributed by atoms with Crippen LogP contribution in [-0.2, 0) is 0 Å². The average Bonchev–Trinajstić information content (AvgIpc) is 2.75. The Bertz CT molecular complexity index is 1050. The van der Waals surface area contributed by atoms with Gasteiger partial charge in [0.1, 0.15) is 17.7 Å². The Labute approximate surface area is 179 Å². The smallest absolute Gasteiger partial charge is 0.126 e. The van der Waals surface area contributed by atoms with Crippen LogP contribution in [0.15, 0.2) is 71.7 Å². The van der Waals surface area contributed by atoms with E-state index in [0.717, 1.165) is 28.2 Å². The molecule has 148 valence electrons. The van der Waals surface area contributed by atoms with Gasteiger partial charge in [-0.2, -0.15) is 0 Å².